The summed E-state index contributed by atoms with van der Waals surface area (Å²) < 4.78 is 17.9. The maximum absolute atomic E-state index is 13.0. The first-order valence-corrected chi connectivity index (χ1v) is 6.00. The molecule has 1 aromatic heterocycles. The van der Waals surface area contributed by atoms with Crippen LogP contribution in [-0.2, 0) is 11.3 Å². The van der Waals surface area contributed by atoms with Gasteiger partial charge in [0.05, 0.1) is 5.69 Å². The van der Waals surface area contributed by atoms with Gasteiger partial charge in [0.25, 0.3) is 5.56 Å². The number of aromatic amines is 1. The fourth-order valence-corrected chi connectivity index (χ4v) is 1.62. The van der Waals surface area contributed by atoms with E-state index in [1.807, 2.05) is 11.1 Å². The minimum absolute atomic E-state index is 0.0516. The smallest absolute Gasteiger partial charge is 0.412 e. The zero-order chi connectivity index (χ0) is 14.5. The largest absolute Gasteiger partial charge is 0.444 e. The van der Waals surface area contributed by atoms with Gasteiger partial charge in [-0.25, -0.2) is 4.79 Å². The Morgan fingerprint density at radius 3 is 2.75 bits per heavy atom. The van der Waals surface area contributed by atoms with Crippen LogP contribution >= 0.6 is 11.6 Å². The van der Waals surface area contributed by atoms with Crippen molar-refractivity contribution in [1.29, 1.82) is 0 Å². The second kappa shape index (κ2) is 6.21. The van der Waals surface area contributed by atoms with Gasteiger partial charge >= 0.3 is 6.09 Å². The number of anilines is 1. The first-order valence-electron chi connectivity index (χ1n) is 5.62. The van der Waals surface area contributed by atoms with Gasteiger partial charge in [0.2, 0.25) is 0 Å². The average molecular weight is 297 g/mol. The van der Waals surface area contributed by atoms with Crippen LogP contribution in [0.2, 0.25) is 5.02 Å². The summed E-state index contributed by atoms with van der Waals surface area (Å²) in [4.78, 5) is 24.6. The lowest BCUT2D eigenvalue weighted by Gasteiger charge is -2.08. The number of aromatic nitrogens is 1. The molecule has 1 heterocycles. The molecule has 0 aliphatic heterocycles. The third-order valence-corrected chi connectivity index (χ3v) is 2.76. The van der Waals surface area contributed by atoms with Gasteiger partial charge in [0, 0.05) is 6.07 Å². The minimum atomic E-state index is -0.905. The van der Waals surface area contributed by atoms with E-state index in [4.69, 9.17) is 16.3 Å². The summed E-state index contributed by atoms with van der Waals surface area (Å²) in [6.45, 7) is 0.0516. The van der Waals surface area contributed by atoms with Crippen LogP contribution in [0.4, 0.5) is 14.9 Å². The molecule has 5 nitrogen and oxygen atoms in total. The molecule has 1 amide bonds. The molecule has 20 heavy (non-hydrogen) atoms. The Hall–Kier alpha value is -2.34. The van der Waals surface area contributed by atoms with E-state index in [-0.39, 0.29) is 17.3 Å². The van der Waals surface area contributed by atoms with Crippen LogP contribution in [0.1, 0.15) is 5.56 Å². The first-order chi connectivity index (χ1) is 9.56. The molecule has 2 aromatic rings. The monoisotopic (exact) mass is 296 g/mol. The number of amides is 1. The fraction of sp³-hybridized carbons (Fsp3) is 0.0769. The summed E-state index contributed by atoms with van der Waals surface area (Å²) in [5, 5.41) is 1.89. The summed E-state index contributed by atoms with van der Waals surface area (Å²) in [7, 11) is 0. The van der Waals surface area contributed by atoms with Gasteiger partial charge in [0.15, 0.2) is 5.95 Å². The normalized spacial score (nSPS) is 10.1. The van der Waals surface area contributed by atoms with Gasteiger partial charge < -0.3 is 4.74 Å². The topological polar surface area (TPSA) is 71.2 Å². The highest BCUT2D eigenvalue weighted by molar-refractivity contribution is 6.33. The van der Waals surface area contributed by atoms with Crippen molar-refractivity contribution in [3.05, 3.63) is 63.3 Å². The quantitative estimate of drug-likeness (QED) is 0.856. The van der Waals surface area contributed by atoms with E-state index >= 15 is 0 Å². The van der Waals surface area contributed by atoms with Gasteiger partial charge in [-0.3, -0.25) is 15.1 Å². The molecule has 0 radical (unpaired) electrons. The van der Waals surface area contributed by atoms with E-state index in [1.54, 1.807) is 24.3 Å². The maximum atomic E-state index is 13.0. The molecule has 0 unspecified atom stereocenters. The highest BCUT2D eigenvalue weighted by Crippen LogP contribution is 2.17. The van der Waals surface area contributed by atoms with Crippen molar-refractivity contribution in [1.82, 2.24) is 4.98 Å². The summed E-state index contributed by atoms with van der Waals surface area (Å²) >= 11 is 5.65. The van der Waals surface area contributed by atoms with Crippen LogP contribution in [0, 0.1) is 5.95 Å². The highest BCUT2D eigenvalue weighted by Gasteiger charge is 2.11. The van der Waals surface area contributed by atoms with Gasteiger partial charge in [0.1, 0.15) is 11.6 Å². The van der Waals surface area contributed by atoms with Crippen LogP contribution < -0.4 is 10.9 Å². The molecule has 0 atom stereocenters. The van der Waals surface area contributed by atoms with E-state index in [1.165, 1.54) is 0 Å². The van der Waals surface area contributed by atoms with E-state index in [2.05, 4.69) is 5.32 Å². The van der Waals surface area contributed by atoms with Gasteiger partial charge in [-0.05, 0) is 5.56 Å². The Kier molecular flexibility index (Phi) is 4.37. The predicted octanol–water partition coefficient (Wildman–Crippen LogP) is 2.92. The molecule has 0 aliphatic rings. The Labute approximate surface area is 118 Å². The van der Waals surface area contributed by atoms with E-state index < -0.39 is 17.6 Å². The second-order valence-corrected chi connectivity index (χ2v) is 4.24. The summed E-state index contributed by atoms with van der Waals surface area (Å²) in [5.74, 6) is -0.905. The number of hydrogen-bond donors (Lipinski definition) is 2. The molecule has 0 bridgehead atoms. The molecule has 0 aliphatic carbocycles. The Balaban J connectivity index is 2.00. The molecule has 0 saturated heterocycles. The molecule has 2 N–H and O–H groups in total. The number of rotatable bonds is 3. The predicted molar refractivity (Wildman–Crippen MR) is 72.3 cm³/mol. The molecule has 1 aromatic carbocycles. The Morgan fingerprint density at radius 1 is 1.35 bits per heavy atom. The number of carbonyl (C=O) groups excluding carboxylic acids is 1. The minimum Gasteiger partial charge on any atom is -0.444 e. The van der Waals surface area contributed by atoms with Gasteiger partial charge in [-0.2, -0.15) is 4.39 Å². The first kappa shape index (κ1) is 14.1. The second-order valence-electron chi connectivity index (χ2n) is 3.86. The van der Waals surface area contributed by atoms with Crippen LogP contribution in [0.25, 0.3) is 0 Å². The zero-order valence-electron chi connectivity index (χ0n) is 10.2. The van der Waals surface area contributed by atoms with Crippen molar-refractivity contribution in [2.75, 3.05) is 5.32 Å². The summed E-state index contributed by atoms with van der Waals surface area (Å²) in [6, 6.07) is 9.91. The van der Waals surface area contributed by atoms with Crippen LogP contribution in [-0.4, -0.2) is 11.1 Å². The molecular formula is C13H10ClFN2O3. The molecule has 2 rings (SSSR count). The molecule has 7 heteroatoms. The van der Waals surface area contributed by atoms with Crippen LogP contribution in [0.3, 0.4) is 0 Å². The maximum Gasteiger partial charge on any atom is 0.412 e. The fourth-order valence-electron chi connectivity index (χ4n) is 1.47. The highest BCUT2D eigenvalue weighted by atomic mass is 35.5. The third-order valence-electron chi connectivity index (χ3n) is 2.39. The number of carbonyl (C=O) groups is 1. The van der Waals surface area contributed by atoms with E-state index in [0.717, 1.165) is 11.6 Å². The summed E-state index contributed by atoms with van der Waals surface area (Å²) in [5.41, 5.74) is -0.179. The van der Waals surface area contributed by atoms with E-state index in [9.17, 15) is 14.0 Å². The lowest BCUT2D eigenvalue weighted by atomic mass is 10.2. The third kappa shape index (κ3) is 3.58. The molecule has 0 spiro atoms. The number of halogens is 2. The molecule has 104 valence electrons. The van der Waals surface area contributed by atoms with Gasteiger partial charge in [-0.1, -0.05) is 41.9 Å². The lowest BCUT2D eigenvalue weighted by Crippen LogP contribution is -2.18. The van der Waals surface area contributed by atoms with Crippen LogP contribution in [0.15, 0.2) is 41.2 Å². The van der Waals surface area contributed by atoms with Crippen molar-refractivity contribution in [3.63, 3.8) is 0 Å². The van der Waals surface area contributed by atoms with Gasteiger partial charge in [-0.15, -0.1) is 0 Å². The number of H-pyrrole nitrogens is 1. The lowest BCUT2D eigenvalue weighted by molar-refractivity contribution is 0.155. The van der Waals surface area contributed by atoms with E-state index in [0.29, 0.717) is 0 Å². The number of ether oxygens (including phenoxy) is 1. The van der Waals surface area contributed by atoms with Crippen molar-refractivity contribution in [2.45, 2.75) is 6.61 Å². The van der Waals surface area contributed by atoms with Crippen molar-refractivity contribution in [3.8, 4) is 0 Å². The molecular weight excluding hydrogens is 287 g/mol. The molecule has 0 saturated carbocycles. The van der Waals surface area contributed by atoms with Crippen LogP contribution in [0.5, 0.6) is 0 Å². The Bertz CT molecular complexity index is 673. The number of pyridine rings is 1. The SMILES string of the molecule is O=C(Nc1cc(F)[nH]c(=O)c1Cl)OCc1ccccc1. The van der Waals surface area contributed by atoms with Crippen molar-refractivity contribution in [2.24, 2.45) is 0 Å². The number of benzene rings is 1. The van der Waals surface area contributed by atoms with Crippen molar-refractivity contribution >= 4 is 23.4 Å². The zero-order valence-corrected chi connectivity index (χ0v) is 10.9. The average Bonchev–Trinajstić information content (AvgIpc) is 2.43. The molecule has 0 fully saturated rings. The Morgan fingerprint density at radius 2 is 2.05 bits per heavy atom. The number of nitrogens with one attached hydrogen (secondary N) is 2. The van der Waals surface area contributed by atoms with Crippen molar-refractivity contribution < 1.29 is 13.9 Å². The number of hydrogen-bond acceptors (Lipinski definition) is 3. The standard InChI is InChI=1S/C13H10ClFN2O3/c14-11-9(6-10(15)17-12(11)18)16-13(19)20-7-8-4-2-1-3-5-8/h1-6H,7H2,(H2,16,17,18,19). The summed E-state index contributed by atoms with van der Waals surface area (Å²) in [6.07, 6.45) is -0.833.